The minimum absolute atomic E-state index is 0.0620. The summed E-state index contributed by atoms with van der Waals surface area (Å²) >= 11 is 0. The Hall–Kier alpha value is -1.58. The van der Waals surface area contributed by atoms with Crippen LogP contribution >= 0.6 is 0 Å². The van der Waals surface area contributed by atoms with Gasteiger partial charge in [0.25, 0.3) is 0 Å². The molecule has 0 atom stereocenters. The summed E-state index contributed by atoms with van der Waals surface area (Å²) in [5, 5.41) is 0. The summed E-state index contributed by atoms with van der Waals surface area (Å²) in [5.41, 5.74) is 0.793. The number of nitrogens with zero attached hydrogens (tertiary/aromatic N) is 3. The number of pyridine rings is 1. The lowest BCUT2D eigenvalue weighted by Gasteiger charge is -2.21. The maximum absolute atomic E-state index is 11.5. The van der Waals surface area contributed by atoms with E-state index in [4.69, 9.17) is 0 Å². The number of aromatic nitrogens is 1. The quantitative estimate of drug-likeness (QED) is 0.649. The molecule has 0 aliphatic rings. The summed E-state index contributed by atoms with van der Waals surface area (Å²) in [6.07, 6.45) is 3.33. The lowest BCUT2D eigenvalue weighted by molar-refractivity contribution is 0.225. The van der Waals surface area contributed by atoms with Gasteiger partial charge in [-0.3, -0.25) is 9.88 Å². The highest BCUT2D eigenvalue weighted by Gasteiger charge is 2.11. The fraction of sp³-hybridized carbons (Fsp3) is 0.333. The average Bonchev–Trinajstić information content (AvgIpc) is 2.17. The monoisotopic (exact) mass is 179 g/mol. The molecule has 0 aliphatic carbocycles. The summed E-state index contributed by atoms with van der Waals surface area (Å²) in [7, 11) is 5.16. The van der Waals surface area contributed by atoms with Gasteiger partial charge in [0.05, 0.1) is 11.9 Å². The van der Waals surface area contributed by atoms with Gasteiger partial charge >= 0.3 is 6.03 Å². The molecule has 1 aromatic rings. The molecule has 0 N–H and O–H groups in total. The fourth-order valence-corrected chi connectivity index (χ4v) is 0.963. The number of anilines is 1. The number of carbonyl (C=O) groups excluding carboxylic acids is 1. The predicted molar refractivity (Wildman–Crippen MR) is 51.7 cm³/mol. The summed E-state index contributed by atoms with van der Waals surface area (Å²) in [6.45, 7) is 0. The molecule has 1 rings (SSSR count). The Morgan fingerprint density at radius 2 is 2.08 bits per heavy atom. The fourth-order valence-electron chi connectivity index (χ4n) is 0.963. The van der Waals surface area contributed by atoms with Gasteiger partial charge in [-0.2, -0.15) is 0 Å². The number of carbonyl (C=O) groups is 1. The minimum Gasteiger partial charge on any atom is -0.330 e. The van der Waals surface area contributed by atoms with Gasteiger partial charge < -0.3 is 4.90 Å². The number of rotatable bonds is 1. The van der Waals surface area contributed by atoms with E-state index >= 15 is 0 Å². The Kier molecular flexibility index (Phi) is 2.84. The Bertz CT molecular complexity index is 284. The highest BCUT2D eigenvalue weighted by atomic mass is 16.2. The van der Waals surface area contributed by atoms with Crippen LogP contribution < -0.4 is 4.90 Å². The maximum Gasteiger partial charge on any atom is 0.323 e. The van der Waals surface area contributed by atoms with Crippen LogP contribution in [-0.2, 0) is 0 Å². The number of hydrogen-bond acceptors (Lipinski definition) is 2. The Labute approximate surface area is 77.8 Å². The first-order valence-electron chi connectivity index (χ1n) is 3.98. The molecule has 0 aliphatic heterocycles. The Morgan fingerprint density at radius 3 is 2.54 bits per heavy atom. The van der Waals surface area contributed by atoms with E-state index < -0.39 is 0 Å². The van der Waals surface area contributed by atoms with Crippen molar-refractivity contribution in [2.24, 2.45) is 0 Å². The molecule has 4 nitrogen and oxygen atoms in total. The third-order valence-corrected chi connectivity index (χ3v) is 1.70. The van der Waals surface area contributed by atoms with Gasteiger partial charge in [-0.1, -0.05) is 0 Å². The zero-order valence-electron chi connectivity index (χ0n) is 8.06. The zero-order chi connectivity index (χ0) is 9.84. The first kappa shape index (κ1) is 9.51. The lowest BCUT2D eigenvalue weighted by Crippen LogP contribution is -2.36. The molecule has 70 valence electrons. The van der Waals surface area contributed by atoms with E-state index in [9.17, 15) is 4.79 Å². The molecule has 0 aromatic carbocycles. The second-order valence-electron chi connectivity index (χ2n) is 2.95. The molecular formula is C9H13N3O. The number of amides is 2. The molecule has 0 fully saturated rings. The van der Waals surface area contributed by atoms with Crippen molar-refractivity contribution < 1.29 is 4.79 Å². The van der Waals surface area contributed by atoms with E-state index in [1.54, 1.807) is 44.5 Å². The van der Waals surface area contributed by atoms with E-state index in [0.29, 0.717) is 0 Å². The number of urea groups is 1. The van der Waals surface area contributed by atoms with E-state index in [0.717, 1.165) is 5.69 Å². The van der Waals surface area contributed by atoms with Crippen LogP contribution in [0.4, 0.5) is 10.5 Å². The Balaban J connectivity index is 2.80. The van der Waals surface area contributed by atoms with Gasteiger partial charge in [-0.25, -0.2) is 4.79 Å². The second kappa shape index (κ2) is 3.89. The van der Waals surface area contributed by atoms with E-state index in [1.165, 1.54) is 4.90 Å². The normalized spacial score (nSPS) is 9.46. The molecule has 0 radical (unpaired) electrons. The standard InChI is InChI=1S/C9H13N3O/c1-11(2)9(13)12(3)8-5-4-6-10-7-8/h4-7H,1-3H3. The second-order valence-corrected chi connectivity index (χ2v) is 2.95. The van der Waals surface area contributed by atoms with Crippen LogP contribution in [0.3, 0.4) is 0 Å². The van der Waals surface area contributed by atoms with Gasteiger partial charge in [0.15, 0.2) is 0 Å². The lowest BCUT2D eigenvalue weighted by atomic mass is 10.4. The van der Waals surface area contributed by atoms with Crippen LogP contribution in [0.1, 0.15) is 0 Å². The molecule has 2 amide bonds. The van der Waals surface area contributed by atoms with Gasteiger partial charge in [0.1, 0.15) is 0 Å². The van der Waals surface area contributed by atoms with Crippen LogP contribution in [0, 0.1) is 0 Å². The molecule has 0 bridgehead atoms. The van der Waals surface area contributed by atoms with Crippen LogP contribution in [0.2, 0.25) is 0 Å². The molecular weight excluding hydrogens is 166 g/mol. The van der Waals surface area contributed by atoms with Crippen molar-refractivity contribution in [1.82, 2.24) is 9.88 Å². The summed E-state index contributed by atoms with van der Waals surface area (Å²) < 4.78 is 0. The average molecular weight is 179 g/mol. The predicted octanol–water partition coefficient (Wildman–Crippen LogP) is 1.20. The molecule has 0 spiro atoms. The molecule has 0 saturated heterocycles. The van der Waals surface area contributed by atoms with Gasteiger partial charge in [-0.05, 0) is 12.1 Å². The number of hydrogen-bond donors (Lipinski definition) is 0. The summed E-state index contributed by atoms with van der Waals surface area (Å²) in [5.74, 6) is 0. The van der Waals surface area contributed by atoms with Crippen LogP contribution in [-0.4, -0.2) is 37.1 Å². The van der Waals surface area contributed by atoms with E-state index in [2.05, 4.69) is 4.98 Å². The molecule has 13 heavy (non-hydrogen) atoms. The largest absolute Gasteiger partial charge is 0.330 e. The van der Waals surface area contributed by atoms with E-state index in [-0.39, 0.29) is 6.03 Å². The van der Waals surface area contributed by atoms with Crippen molar-refractivity contribution in [3.8, 4) is 0 Å². The van der Waals surface area contributed by atoms with Crippen molar-refractivity contribution in [1.29, 1.82) is 0 Å². The highest BCUT2D eigenvalue weighted by Crippen LogP contribution is 2.10. The molecule has 1 aromatic heterocycles. The zero-order valence-corrected chi connectivity index (χ0v) is 8.06. The summed E-state index contributed by atoms with van der Waals surface area (Å²) in [4.78, 5) is 18.5. The molecule has 4 heteroatoms. The molecule has 0 saturated carbocycles. The summed E-state index contributed by atoms with van der Waals surface area (Å²) in [6, 6.07) is 3.58. The SMILES string of the molecule is CN(C)C(=O)N(C)c1cccnc1. The van der Waals surface area contributed by atoms with Crippen molar-refractivity contribution in [3.63, 3.8) is 0 Å². The van der Waals surface area contributed by atoms with Crippen molar-refractivity contribution >= 4 is 11.7 Å². The van der Waals surface area contributed by atoms with Gasteiger partial charge in [0.2, 0.25) is 0 Å². The van der Waals surface area contributed by atoms with Crippen molar-refractivity contribution in [3.05, 3.63) is 24.5 Å². The first-order valence-corrected chi connectivity index (χ1v) is 3.98. The van der Waals surface area contributed by atoms with Crippen molar-refractivity contribution in [2.45, 2.75) is 0 Å². The third kappa shape index (κ3) is 2.18. The van der Waals surface area contributed by atoms with Crippen LogP contribution in [0.5, 0.6) is 0 Å². The molecule has 1 heterocycles. The first-order chi connectivity index (χ1) is 6.13. The van der Waals surface area contributed by atoms with Gasteiger partial charge in [0, 0.05) is 27.3 Å². The van der Waals surface area contributed by atoms with Crippen molar-refractivity contribution in [2.75, 3.05) is 26.0 Å². The minimum atomic E-state index is -0.0620. The highest BCUT2D eigenvalue weighted by molar-refractivity contribution is 5.90. The smallest absolute Gasteiger partial charge is 0.323 e. The topological polar surface area (TPSA) is 36.4 Å². The van der Waals surface area contributed by atoms with Crippen LogP contribution in [0.25, 0.3) is 0 Å². The molecule has 0 unspecified atom stereocenters. The van der Waals surface area contributed by atoms with Gasteiger partial charge in [-0.15, -0.1) is 0 Å². The maximum atomic E-state index is 11.5. The Morgan fingerprint density at radius 1 is 1.38 bits per heavy atom. The van der Waals surface area contributed by atoms with E-state index in [1.807, 2.05) is 6.07 Å². The van der Waals surface area contributed by atoms with Crippen LogP contribution in [0.15, 0.2) is 24.5 Å². The third-order valence-electron chi connectivity index (χ3n) is 1.70.